The van der Waals surface area contributed by atoms with E-state index in [4.69, 9.17) is 5.73 Å². The Morgan fingerprint density at radius 3 is 1.56 bits per heavy atom. The van der Waals surface area contributed by atoms with Crippen molar-refractivity contribution in [3.63, 3.8) is 0 Å². The summed E-state index contributed by atoms with van der Waals surface area (Å²) in [4.78, 5) is 0. The minimum atomic E-state index is 0. The van der Waals surface area contributed by atoms with Crippen molar-refractivity contribution in [3.8, 4) is 0 Å². The predicted octanol–water partition coefficient (Wildman–Crippen LogP) is 2.46. The fourth-order valence-electron chi connectivity index (χ4n) is 1.48. The molecule has 0 aromatic heterocycles. The first-order valence-corrected chi connectivity index (χ1v) is 6.46. The van der Waals surface area contributed by atoms with Gasteiger partial charge in [0.15, 0.2) is 0 Å². The van der Waals surface area contributed by atoms with Crippen LogP contribution < -0.4 is 5.73 Å². The second-order valence-corrected chi connectivity index (χ2v) is 4.80. The molecule has 2 aliphatic rings. The Morgan fingerprint density at radius 1 is 0.938 bits per heavy atom. The molecule has 2 aliphatic carbocycles. The lowest BCUT2D eigenvalue weighted by molar-refractivity contribution is 0.344. The quantitative estimate of drug-likeness (QED) is 0.686. The molecular formula is C13H33NO2. The lowest BCUT2D eigenvalue weighted by Gasteiger charge is -2.22. The molecule has 0 spiro atoms. The van der Waals surface area contributed by atoms with Crippen molar-refractivity contribution >= 4 is 0 Å². The Bertz CT molecular complexity index is 108. The second kappa shape index (κ2) is 14.9. The van der Waals surface area contributed by atoms with Crippen LogP contribution in [-0.2, 0) is 0 Å². The fraction of sp³-hybridized carbons (Fsp3) is 1.00. The number of hydrogen-bond acceptors (Lipinski definition) is 1. The third-order valence-corrected chi connectivity index (χ3v) is 2.33. The van der Waals surface area contributed by atoms with Gasteiger partial charge in [-0.15, -0.1) is 0 Å². The molecule has 2 fully saturated rings. The maximum atomic E-state index is 5.73. The molecule has 0 saturated heterocycles. The molecule has 2 atom stereocenters. The van der Waals surface area contributed by atoms with Crippen molar-refractivity contribution in [2.24, 2.45) is 11.7 Å². The van der Waals surface area contributed by atoms with Crippen LogP contribution in [0.1, 0.15) is 72.1 Å². The van der Waals surface area contributed by atoms with Crippen LogP contribution in [0, 0.1) is 5.92 Å². The summed E-state index contributed by atoms with van der Waals surface area (Å²) < 4.78 is 0. The van der Waals surface area contributed by atoms with Gasteiger partial charge in [0.05, 0.1) is 0 Å². The van der Waals surface area contributed by atoms with Gasteiger partial charge in [-0.25, -0.2) is 0 Å². The summed E-state index contributed by atoms with van der Waals surface area (Å²) in [6.45, 7) is 6.54. The molecule has 0 radical (unpaired) electrons. The van der Waals surface area contributed by atoms with Crippen LogP contribution in [0.15, 0.2) is 0 Å². The lowest BCUT2D eigenvalue weighted by Crippen LogP contribution is -2.26. The van der Waals surface area contributed by atoms with Gasteiger partial charge in [0.2, 0.25) is 0 Å². The van der Waals surface area contributed by atoms with E-state index in [1.165, 1.54) is 51.4 Å². The topological polar surface area (TPSA) is 89.0 Å². The van der Waals surface area contributed by atoms with E-state index in [1.807, 2.05) is 0 Å². The van der Waals surface area contributed by atoms with Gasteiger partial charge in [0.25, 0.3) is 0 Å². The molecule has 16 heavy (non-hydrogen) atoms. The summed E-state index contributed by atoms with van der Waals surface area (Å²) in [5, 5.41) is 0. The Labute approximate surface area is 101 Å². The van der Waals surface area contributed by atoms with Crippen LogP contribution in [0.3, 0.4) is 0 Å². The molecule has 0 heterocycles. The van der Waals surface area contributed by atoms with E-state index in [0.29, 0.717) is 6.04 Å². The molecule has 0 aliphatic heterocycles. The molecule has 2 unspecified atom stereocenters. The van der Waals surface area contributed by atoms with E-state index < -0.39 is 0 Å². The molecule has 2 saturated carbocycles. The minimum Gasteiger partial charge on any atom is -0.412 e. The Morgan fingerprint density at radius 2 is 1.38 bits per heavy atom. The molecule has 3 nitrogen and oxygen atoms in total. The molecule has 0 amide bonds. The highest BCUT2D eigenvalue weighted by Crippen LogP contribution is 2.21. The number of rotatable bonds is 0. The monoisotopic (exact) mass is 235 g/mol. The zero-order chi connectivity index (χ0) is 10.8. The highest BCUT2D eigenvalue weighted by atomic mass is 16.0. The highest BCUT2D eigenvalue weighted by molar-refractivity contribution is 4.71. The van der Waals surface area contributed by atoms with Crippen LogP contribution in [0.25, 0.3) is 0 Å². The van der Waals surface area contributed by atoms with Gasteiger partial charge in [-0.1, -0.05) is 59.3 Å². The van der Waals surface area contributed by atoms with Crippen molar-refractivity contribution < 1.29 is 11.0 Å². The first-order valence-electron chi connectivity index (χ1n) is 6.46. The summed E-state index contributed by atoms with van der Waals surface area (Å²) >= 11 is 0. The molecule has 102 valence electrons. The summed E-state index contributed by atoms with van der Waals surface area (Å²) in [6.07, 6.45) is 11.0. The van der Waals surface area contributed by atoms with Gasteiger partial charge >= 0.3 is 0 Å². The van der Waals surface area contributed by atoms with Crippen LogP contribution in [0.2, 0.25) is 0 Å². The van der Waals surface area contributed by atoms with Crippen LogP contribution in [0.4, 0.5) is 0 Å². The predicted molar refractivity (Wildman–Crippen MR) is 72.7 cm³/mol. The smallest absolute Gasteiger partial charge is 0.00413 e. The Kier molecular flexibility index (Phi) is 19.7. The van der Waals surface area contributed by atoms with E-state index in [-0.39, 0.29) is 11.0 Å². The average molecular weight is 235 g/mol. The van der Waals surface area contributed by atoms with Crippen LogP contribution in [0.5, 0.6) is 0 Å². The van der Waals surface area contributed by atoms with Gasteiger partial charge < -0.3 is 16.7 Å². The molecule has 0 aromatic rings. The summed E-state index contributed by atoms with van der Waals surface area (Å²) in [5.41, 5.74) is 5.73. The standard InChI is InChI=1S/C7H15N.C3H6.C3H8.2H2O/c1-6-3-2-4-7(8)5-6;1-2-3-1;1-3-2;;/h6-7H,2-5,8H2,1H3;1-3H2;3H2,1-2H3;2*1H2. The first kappa shape index (κ1) is 21.2. The normalized spacial score (nSPS) is 25.5. The largest absolute Gasteiger partial charge is 0.412 e. The van der Waals surface area contributed by atoms with Crippen LogP contribution in [-0.4, -0.2) is 17.0 Å². The van der Waals surface area contributed by atoms with E-state index >= 15 is 0 Å². The number of nitrogens with two attached hydrogens (primary N) is 1. The molecule has 3 heteroatoms. The third kappa shape index (κ3) is 19.5. The van der Waals surface area contributed by atoms with Gasteiger partial charge in [0, 0.05) is 6.04 Å². The van der Waals surface area contributed by atoms with Crippen LogP contribution >= 0.6 is 0 Å². The maximum Gasteiger partial charge on any atom is 0.00413 e. The zero-order valence-electron chi connectivity index (χ0n) is 11.4. The SMILES string of the molecule is C1CC1.CC1CCCC(N)C1.CCC.O.O. The van der Waals surface area contributed by atoms with E-state index in [9.17, 15) is 0 Å². The van der Waals surface area contributed by atoms with Crippen molar-refractivity contribution in [2.45, 2.75) is 78.2 Å². The summed E-state index contributed by atoms with van der Waals surface area (Å²) in [5.74, 6) is 0.888. The lowest BCUT2D eigenvalue weighted by atomic mass is 9.88. The van der Waals surface area contributed by atoms with Gasteiger partial charge in [-0.05, 0) is 18.8 Å². The summed E-state index contributed by atoms with van der Waals surface area (Å²) in [6, 6.07) is 0.513. The first-order chi connectivity index (χ1) is 6.70. The average Bonchev–Trinajstić information content (AvgIpc) is 2.90. The van der Waals surface area contributed by atoms with Crippen molar-refractivity contribution in [1.82, 2.24) is 0 Å². The van der Waals surface area contributed by atoms with Crippen molar-refractivity contribution in [2.75, 3.05) is 0 Å². The Hall–Kier alpha value is -0.120. The molecule has 2 rings (SSSR count). The van der Waals surface area contributed by atoms with Gasteiger partial charge in [-0.2, -0.15) is 0 Å². The van der Waals surface area contributed by atoms with Crippen molar-refractivity contribution in [1.29, 1.82) is 0 Å². The van der Waals surface area contributed by atoms with Crippen molar-refractivity contribution in [3.05, 3.63) is 0 Å². The second-order valence-electron chi connectivity index (χ2n) is 4.80. The highest BCUT2D eigenvalue weighted by Gasteiger charge is 2.13. The van der Waals surface area contributed by atoms with E-state index in [1.54, 1.807) is 0 Å². The molecule has 0 aromatic carbocycles. The van der Waals surface area contributed by atoms with Gasteiger partial charge in [0.1, 0.15) is 0 Å². The molecule has 0 bridgehead atoms. The molecular weight excluding hydrogens is 202 g/mol. The van der Waals surface area contributed by atoms with Gasteiger partial charge in [-0.3, -0.25) is 0 Å². The minimum absolute atomic E-state index is 0. The van der Waals surface area contributed by atoms with E-state index in [0.717, 1.165) is 5.92 Å². The van der Waals surface area contributed by atoms with E-state index in [2.05, 4.69) is 20.8 Å². The summed E-state index contributed by atoms with van der Waals surface area (Å²) in [7, 11) is 0. The molecule has 6 N–H and O–H groups in total. The third-order valence-electron chi connectivity index (χ3n) is 2.33. The maximum absolute atomic E-state index is 5.73. The number of hydrogen-bond donors (Lipinski definition) is 1. The fourth-order valence-corrected chi connectivity index (χ4v) is 1.48. The Balaban J connectivity index is -0.000000180. The zero-order valence-corrected chi connectivity index (χ0v) is 11.4.